The fraction of sp³-hybridized carbons (Fsp3) is 0.556. The van der Waals surface area contributed by atoms with Crippen molar-refractivity contribution in [3.05, 3.63) is 35.4 Å². The lowest BCUT2D eigenvalue weighted by molar-refractivity contribution is -0.131. The van der Waals surface area contributed by atoms with Crippen LogP contribution in [0, 0.1) is 6.92 Å². The summed E-state index contributed by atoms with van der Waals surface area (Å²) < 4.78 is 5.02. The summed E-state index contributed by atoms with van der Waals surface area (Å²) in [6.45, 7) is 6.71. The first-order chi connectivity index (χ1) is 11.5. The van der Waals surface area contributed by atoms with Crippen molar-refractivity contribution in [3.8, 4) is 0 Å². The van der Waals surface area contributed by atoms with Gasteiger partial charge in [0.2, 0.25) is 5.91 Å². The molecule has 0 saturated carbocycles. The summed E-state index contributed by atoms with van der Waals surface area (Å²) >= 11 is 0. The van der Waals surface area contributed by atoms with Crippen molar-refractivity contribution in [1.29, 1.82) is 0 Å². The molecule has 0 aliphatic carbocycles. The molecule has 1 N–H and O–H groups in total. The van der Waals surface area contributed by atoms with Gasteiger partial charge in [-0.15, -0.1) is 0 Å². The van der Waals surface area contributed by atoms with E-state index < -0.39 is 0 Å². The smallest absolute Gasteiger partial charge is 0.317 e. The lowest BCUT2D eigenvalue weighted by Crippen LogP contribution is -2.54. The van der Waals surface area contributed by atoms with Crippen LogP contribution in [0.5, 0.6) is 0 Å². The minimum atomic E-state index is -0.0924. The molecule has 6 heteroatoms. The average molecular weight is 333 g/mol. The fourth-order valence-corrected chi connectivity index (χ4v) is 2.75. The summed E-state index contributed by atoms with van der Waals surface area (Å²) in [5.41, 5.74) is 2.22. The highest BCUT2D eigenvalue weighted by atomic mass is 16.5. The van der Waals surface area contributed by atoms with E-state index in [0.29, 0.717) is 39.2 Å². The predicted octanol–water partition coefficient (Wildman–Crippen LogP) is 1.43. The average Bonchev–Trinajstić information content (AvgIpc) is 2.57. The number of hydrogen-bond donors (Lipinski definition) is 1. The van der Waals surface area contributed by atoms with Gasteiger partial charge >= 0.3 is 6.03 Å². The maximum atomic E-state index is 12.4. The second kappa shape index (κ2) is 8.68. The summed E-state index contributed by atoms with van der Waals surface area (Å²) in [6.07, 6.45) is 0.414. The molecule has 0 unspecified atom stereocenters. The molecule has 1 aliphatic rings. The second-order valence-electron chi connectivity index (χ2n) is 6.34. The molecule has 1 heterocycles. The van der Waals surface area contributed by atoms with Crippen LogP contribution < -0.4 is 5.32 Å². The molecular formula is C18H27N3O3. The zero-order chi connectivity index (χ0) is 17.5. The molecule has 1 saturated heterocycles. The van der Waals surface area contributed by atoms with Gasteiger partial charge in [-0.2, -0.15) is 0 Å². The Morgan fingerprint density at radius 3 is 2.29 bits per heavy atom. The Morgan fingerprint density at radius 2 is 1.71 bits per heavy atom. The molecular weight excluding hydrogens is 306 g/mol. The van der Waals surface area contributed by atoms with E-state index in [9.17, 15) is 9.59 Å². The summed E-state index contributed by atoms with van der Waals surface area (Å²) in [7, 11) is 1.61. The van der Waals surface area contributed by atoms with Gasteiger partial charge in [0.05, 0.1) is 19.1 Å². The number of ether oxygens (including phenoxy) is 1. The molecule has 2 rings (SSSR count). The van der Waals surface area contributed by atoms with Crippen LogP contribution in [0.3, 0.4) is 0 Å². The van der Waals surface area contributed by atoms with Gasteiger partial charge in [0.25, 0.3) is 0 Å². The maximum absolute atomic E-state index is 12.4. The van der Waals surface area contributed by atoms with Gasteiger partial charge < -0.3 is 19.9 Å². The Labute approximate surface area is 143 Å². The van der Waals surface area contributed by atoms with Crippen molar-refractivity contribution in [3.63, 3.8) is 0 Å². The van der Waals surface area contributed by atoms with Crippen molar-refractivity contribution in [2.75, 3.05) is 39.9 Å². The second-order valence-corrected chi connectivity index (χ2v) is 6.34. The van der Waals surface area contributed by atoms with E-state index in [-0.39, 0.29) is 18.0 Å². The van der Waals surface area contributed by atoms with Gasteiger partial charge in [-0.3, -0.25) is 4.79 Å². The number of nitrogens with one attached hydrogen (secondary N) is 1. The number of urea groups is 1. The van der Waals surface area contributed by atoms with Crippen molar-refractivity contribution >= 4 is 11.9 Å². The van der Waals surface area contributed by atoms with E-state index >= 15 is 0 Å². The highest BCUT2D eigenvalue weighted by Gasteiger charge is 2.24. The Morgan fingerprint density at radius 1 is 1.12 bits per heavy atom. The van der Waals surface area contributed by atoms with Crippen molar-refractivity contribution in [2.24, 2.45) is 0 Å². The van der Waals surface area contributed by atoms with Crippen LogP contribution in [0.1, 0.15) is 18.1 Å². The van der Waals surface area contributed by atoms with Crippen LogP contribution in [0.15, 0.2) is 24.3 Å². The molecule has 1 aromatic rings. The van der Waals surface area contributed by atoms with Gasteiger partial charge in [0.15, 0.2) is 0 Å². The van der Waals surface area contributed by atoms with Crippen molar-refractivity contribution in [1.82, 2.24) is 15.1 Å². The number of methoxy groups -OCH3 is 1. The monoisotopic (exact) mass is 333 g/mol. The molecule has 1 aromatic carbocycles. The van der Waals surface area contributed by atoms with Crippen LogP contribution in [0.25, 0.3) is 0 Å². The highest BCUT2D eigenvalue weighted by molar-refractivity contribution is 5.79. The Kier molecular flexibility index (Phi) is 6.61. The van der Waals surface area contributed by atoms with Gasteiger partial charge in [-0.1, -0.05) is 29.8 Å². The predicted molar refractivity (Wildman–Crippen MR) is 92.9 cm³/mol. The van der Waals surface area contributed by atoms with E-state index in [2.05, 4.69) is 5.32 Å². The third kappa shape index (κ3) is 5.23. The quantitative estimate of drug-likeness (QED) is 0.887. The molecule has 0 radical (unpaired) electrons. The van der Waals surface area contributed by atoms with Gasteiger partial charge in [0, 0.05) is 33.3 Å². The number of amides is 3. The summed E-state index contributed by atoms with van der Waals surface area (Å²) in [5.74, 6) is 0.117. The van der Waals surface area contributed by atoms with Crippen LogP contribution in [-0.2, 0) is 16.0 Å². The molecule has 0 bridgehead atoms. The Bertz CT molecular complexity index is 551. The molecule has 0 spiro atoms. The molecule has 1 atom stereocenters. The van der Waals surface area contributed by atoms with E-state index in [4.69, 9.17) is 4.74 Å². The number of benzene rings is 1. The third-order valence-electron chi connectivity index (χ3n) is 4.18. The van der Waals surface area contributed by atoms with Gasteiger partial charge in [-0.05, 0) is 19.4 Å². The molecule has 6 nitrogen and oxygen atoms in total. The van der Waals surface area contributed by atoms with Gasteiger partial charge in [-0.25, -0.2) is 4.79 Å². The van der Waals surface area contributed by atoms with Gasteiger partial charge in [0.1, 0.15) is 0 Å². The first kappa shape index (κ1) is 18.3. The van der Waals surface area contributed by atoms with Crippen LogP contribution >= 0.6 is 0 Å². The number of rotatable bonds is 5. The molecule has 3 amide bonds. The molecule has 1 fully saturated rings. The topological polar surface area (TPSA) is 61.9 Å². The maximum Gasteiger partial charge on any atom is 0.317 e. The third-order valence-corrected chi connectivity index (χ3v) is 4.18. The number of carbonyl (C=O) groups excluding carboxylic acids is 2. The van der Waals surface area contributed by atoms with E-state index in [0.717, 1.165) is 5.56 Å². The largest absolute Gasteiger partial charge is 0.383 e. The van der Waals surface area contributed by atoms with Crippen LogP contribution in [0.2, 0.25) is 0 Å². The first-order valence-electron chi connectivity index (χ1n) is 8.37. The number of carbonyl (C=O) groups is 2. The molecule has 24 heavy (non-hydrogen) atoms. The summed E-state index contributed by atoms with van der Waals surface area (Å²) in [4.78, 5) is 28.1. The van der Waals surface area contributed by atoms with Crippen molar-refractivity contribution in [2.45, 2.75) is 26.3 Å². The number of hydrogen-bond acceptors (Lipinski definition) is 3. The van der Waals surface area contributed by atoms with E-state index in [1.54, 1.807) is 12.0 Å². The zero-order valence-electron chi connectivity index (χ0n) is 14.7. The molecule has 0 aromatic heterocycles. The fourth-order valence-electron chi connectivity index (χ4n) is 2.75. The Hall–Kier alpha value is -2.08. The number of piperazine rings is 1. The number of nitrogens with zero attached hydrogens (tertiary/aromatic N) is 2. The Balaban J connectivity index is 1.78. The SMILES string of the molecule is COC[C@H](C)NC(=O)N1CCN(C(=O)Cc2ccc(C)cc2)CC1. The highest BCUT2D eigenvalue weighted by Crippen LogP contribution is 2.09. The summed E-state index contributed by atoms with van der Waals surface area (Å²) in [6, 6.07) is 7.91. The van der Waals surface area contributed by atoms with Crippen LogP contribution in [-0.4, -0.2) is 67.7 Å². The minimum Gasteiger partial charge on any atom is -0.383 e. The first-order valence-corrected chi connectivity index (χ1v) is 8.37. The zero-order valence-corrected chi connectivity index (χ0v) is 14.7. The van der Waals surface area contributed by atoms with Crippen LogP contribution in [0.4, 0.5) is 4.79 Å². The lowest BCUT2D eigenvalue weighted by atomic mass is 10.1. The minimum absolute atomic E-state index is 0.0244. The standard InChI is InChI=1S/C18H27N3O3/c1-14-4-6-16(7-5-14)12-17(22)20-8-10-21(11-9-20)18(23)19-15(2)13-24-3/h4-7,15H,8-13H2,1-3H3,(H,19,23)/t15-/m0/s1. The molecule has 132 valence electrons. The molecule has 1 aliphatic heterocycles. The normalized spacial score (nSPS) is 16.0. The lowest BCUT2D eigenvalue weighted by Gasteiger charge is -2.35. The number of aryl methyl sites for hydroxylation is 1. The summed E-state index contributed by atoms with van der Waals surface area (Å²) in [5, 5.41) is 2.90. The van der Waals surface area contributed by atoms with Crippen molar-refractivity contribution < 1.29 is 14.3 Å². The van der Waals surface area contributed by atoms with E-state index in [1.807, 2.05) is 43.0 Å². The van der Waals surface area contributed by atoms with E-state index in [1.165, 1.54) is 5.56 Å².